The first kappa shape index (κ1) is 18.1. The molecule has 136 valence electrons. The number of carbonyl (C=O) groups is 4. The van der Waals surface area contributed by atoms with E-state index in [1.54, 1.807) is 60.7 Å². The highest BCUT2D eigenvalue weighted by molar-refractivity contribution is 6.11. The minimum absolute atomic E-state index is 0.128. The maximum atomic E-state index is 12.0. The van der Waals surface area contributed by atoms with Gasteiger partial charge in [-0.25, -0.2) is 9.59 Å². The summed E-state index contributed by atoms with van der Waals surface area (Å²) >= 11 is 0. The first-order valence-electron chi connectivity index (χ1n) is 8.03. The number of hydrogen-bond acceptors (Lipinski definition) is 7. The third-order valence-electron chi connectivity index (χ3n) is 3.58. The van der Waals surface area contributed by atoms with E-state index < -0.39 is 35.4 Å². The summed E-state index contributed by atoms with van der Waals surface area (Å²) in [6, 6.07) is 17.4. The lowest BCUT2D eigenvalue weighted by atomic mass is 10.1. The quantitative estimate of drug-likeness (QED) is 0.437. The fraction of sp³-hybridized carbons (Fsp3) is 0.100. The molecular formula is C20H14O7. The zero-order chi connectivity index (χ0) is 19.2. The van der Waals surface area contributed by atoms with Crippen molar-refractivity contribution >= 4 is 23.9 Å². The summed E-state index contributed by atoms with van der Waals surface area (Å²) in [5.41, 5.74) is 1.31. The van der Waals surface area contributed by atoms with Crippen LogP contribution in [0.2, 0.25) is 0 Å². The van der Waals surface area contributed by atoms with E-state index in [1.165, 1.54) is 0 Å². The fourth-order valence-corrected chi connectivity index (χ4v) is 2.36. The van der Waals surface area contributed by atoms with E-state index in [0.717, 1.165) is 0 Å². The monoisotopic (exact) mass is 366 g/mol. The number of rotatable bonds is 6. The van der Waals surface area contributed by atoms with Crippen LogP contribution >= 0.6 is 0 Å². The van der Waals surface area contributed by atoms with Crippen LogP contribution in [0.4, 0.5) is 0 Å². The van der Waals surface area contributed by atoms with E-state index in [9.17, 15) is 19.2 Å². The molecule has 0 saturated carbocycles. The van der Waals surface area contributed by atoms with Gasteiger partial charge in [0.05, 0.1) is 12.8 Å². The molecule has 0 unspecified atom stereocenters. The highest BCUT2D eigenvalue weighted by Crippen LogP contribution is 2.21. The predicted molar refractivity (Wildman–Crippen MR) is 90.6 cm³/mol. The van der Waals surface area contributed by atoms with E-state index in [2.05, 4.69) is 4.74 Å². The zero-order valence-corrected chi connectivity index (χ0v) is 14.0. The van der Waals surface area contributed by atoms with Crippen LogP contribution < -0.4 is 0 Å². The van der Waals surface area contributed by atoms with Crippen LogP contribution in [0.15, 0.2) is 72.2 Å². The van der Waals surface area contributed by atoms with Crippen molar-refractivity contribution in [2.24, 2.45) is 0 Å². The van der Waals surface area contributed by atoms with Crippen molar-refractivity contribution in [3.63, 3.8) is 0 Å². The van der Waals surface area contributed by atoms with E-state index in [1.807, 2.05) is 0 Å². The van der Waals surface area contributed by atoms with Crippen LogP contribution in [0.25, 0.3) is 0 Å². The van der Waals surface area contributed by atoms with Crippen LogP contribution in [0, 0.1) is 0 Å². The van der Waals surface area contributed by atoms with Crippen molar-refractivity contribution < 1.29 is 33.4 Å². The Morgan fingerprint density at radius 2 is 1.04 bits per heavy atom. The zero-order valence-electron chi connectivity index (χ0n) is 14.0. The molecule has 0 aliphatic carbocycles. The van der Waals surface area contributed by atoms with Gasteiger partial charge in [-0.2, -0.15) is 0 Å². The summed E-state index contributed by atoms with van der Waals surface area (Å²) in [4.78, 5) is 47.6. The molecule has 0 aromatic heterocycles. The molecule has 3 rings (SSSR count). The molecule has 2 aromatic carbocycles. The maximum Gasteiger partial charge on any atom is 0.386 e. The molecule has 7 heteroatoms. The molecule has 1 aliphatic rings. The Hall–Kier alpha value is -3.74. The Morgan fingerprint density at radius 1 is 0.667 bits per heavy atom. The molecule has 1 aliphatic heterocycles. The fourth-order valence-electron chi connectivity index (χ4n) is 2.36. The van der Waals surface area contributed by atoms with Crippen LogP contribution in [0.3, 0.4) is 0 Å². The van der Waals surface area contributed by atoms with Crippen molar-refractivity contribution in [1.29, 1.82) is 0 Å². The second-order valence-electron chi connectivity index (χ2n) is 5.61. The van der Waals surface area contributed by atoms with Crippen molar-refractivity contribution in [3.8, 4) is 0 Å². The van der Waals surface area contributed by atoms with E-state index in [0.29, 0.717) is 11.1 Å². The Balaban J connectivity index is 1.70. The number of cyclic esters (lactones) is 2. The molecule has 0 fully saturated rings. The van der Waals surface area contributed by atoms with Gasteiger partial charge in [-0.15, -0.1) is 0 Å². The molecule has 0 atom stereocenters. The Bertz CT molecular complexity index is 838. The Morgan fingerprint density at radius 3 is 1.41 bits per heavy atom. The molecule has 7 nitrogen and oxygen atoms in total. The Kier molecular flexibility index (Phi) is 5.41. The molecule has 0 spiro atoms. The van der Waals surface area contributed by atoms with Gasteiger partial charge in [0, 0.05) is 0 Å². The minimum atomic E-state index is -1.18. The third-order valence-corrected chi connectivity index (χ3v) is 3.58. The maximum absolute atomic E-state index is 12.0. The number of benzene rings is 2. The molecule has 0 bridgehead atoms. The van der Waals surface area contributed by atoms with Crippen LogP contribution in [-0.2, 0) is 46.2 Å². The molecule has 1 heterocycles. The standard InChI is InChI=1S/C20H14O7/c21-15(11-13-7-3-1-4-8-13)25-17-18(20(24)27-19(17)23)26-16(22)12-14-9-5-2-6-10-14/h1-10H,11-12H2. The van der Waals surface area contributed by atoms with Crippen molar-refractivity contribution in [2.45, 2.75) is 12.8 Å². The summed E-state index contributed by atoms with van der Waals surface area (Å²) in [7, 11) is 0. The summed E-state index contributed by atoms with van der Waals surface area (Å²) < 4.78 is 14.2. The number of carbonyl (C=O) groups excluding carboxylic acids is 4. The molecule has 0 saturated heterocycles. The summed E-state index contributed by atoms with van der Waals surface area (Å²) in [5.74, 6) is -5.38. The normalized spacial score (nSPS) is 13.3. The second kappa shape index (κ2) is 8.09. The highest BCUT2D eigenvalue weighted by atomic mass is 16.7. The lowest BCUT2D eigenvalue weighted by Gasteiger charge is -2.06. The van der Waals surface area contributed by atoms with Gasteiger partial charge in [0.1, 0.15) is 0 Å². The topological polar surface area (TPSA) is 96.0 Å². The van der Waals surface area contributed by atoms with E-state index in [4.69, 9.17) is 9.47 Å². The van der Waals surface area contributed by atoms with Crippen molar-refractivity contribution in [2.75, 3.05) is 0 Å². The van der Waals surface area contributed by atoms with E-state index in [-0.39, 0.29) is 12.8 Å². The smallest absolute Gasteiger partial charge is 0.386 e. The number of esters is 4. The molecule has 27 heavy (non-hydrogen) atoms. The molecule has 0 radical (unpaired) electrons. The van der Waals surface area contributed by atoms with Gasteiger partial charge in [0.25, 0.3) is 11.5 Å². The first-order valence-corrected chi connectivity index (χ1v) is 8.03. The first-order chi connectivity index (χ1) is 13.0. The van der Waals surface area contributed by atoms with Gasteiger partial charge in [0.2, 0.25) is 0 Å². The summed E-state index contributed by atoms with van der Waals surface area (Å²) in [6.07, 6.45) is -0.256. The van der Waals surface area contributed by atoms with Gasteiger partial charge in [-0.3, -0.25) is 9.59 Å². The third kappa shape index (κ3) is 4.66. The predicted octanol–water partition coefficient (Wildman–Crippen LogP) is 1.85. The summed E-state index contributed by atoms with van der Waals surface area (Å²) in [5, 5.41) is 0. The molecule has 0 N–H and O–H groups in total. The second-order valence-corrected chi connectivity index (χ2v) is 5.61. The van der Waals surface area contributed by atoms with Gasteiger partial charge in [-0.05, 0) is 11.1 Å². The number of ether oxygens (including phenoxy) is 3. The van der Waals surface area contributed by atoms with E-state index >= 15 is 0 Å². The molecular weight excluding hydrogens is 352 g/mol. The molecule has 0 amide bonds. The van der Waals surface area contributed by atoms with Crippen molar-refractivity contribution in [3.05, 3.63) is 83.3 Å². The average Bonchev–Trinajstić information content (AvgIpc) is 2.90. The van der Waals surface area contributed by atoms with Gasteiger partial charge < -0.3 is 14.2 Å². The molecule has 2 aromatic rings. The average molecular weight is 366 g/mol. The van der Waals surface area contributed by atoms with Gasteiger partial charge >= 0.3 is 23.9 Å². The van der Waals surface area contributed by atoms with Crippen LogP contribution in [0.1, 0.15) is 11.1 Å². The van der Waals surface area contributed by atoms with Crippen LogP contribution in [0.5, 0.6) is 0 Å². The lowest BCUT2D eigenvalue weighted by molar-refractivity contribution is -0.157. The van der Waals surface area contributed by atoms with Crippen LogP contribution in [-0.4, -0.2) is 23.9 Å². The highest BCUT2D eigenvalue weighted by Gasteiger charge is 2.39. The largest absolute Gasteiger partial charge is 0.414 e. The van der Waals surface area contributed by atoms with Crippen molar-refractivity contribution in [1.82, 2.24) is 0 Å². The summed E-state index contributed by atoms with van der Waals surface area (Å²) in [6.45, 7) is 0. The van der Waals surface area contributed by atoms with Gasteiger partial charge in [-0.1, -0.05) is 60.7 Å². The number of hydrogen-bond donors (Lipinski definition) is 0. The van der Waals surface area contributed by atoms with Gasteiger partial charge in [0.15, 0.2) is 0 Å². The SMILES string of the molecule is O=C(Cc1ccccc1)OC1=C(OC(=O)Cc2ccccc2)C(=O)OC1=O. The Labute approximate surface area is 154 Å². The lowest BCUT2D eigenvalue weighted by Crippen LogP contribution is -2.15. The minimum Gasteiger partial charge on any atom is -0.414 e.